The average molecular weight is 317 g/mol. The van der Waals surface area contributed by atoms with Gasteiger partial charge in [0.1, 0.15) is 0 Å². The minimum Gasteiger partial charge on any atom is -0.348 e. The lowest BCUT2D eigenvalue weighted by Crippen LogP contribution is -2.23. The molecule has 6 nitrogen and oxygen atoms in total. The molecule has 0 atom stereocenters. The van der Waals surface area contributed by atoms with Crippen molar-refractivity contribution in [3.8, 4) is 17.3 Å². The van der Waals surface area contributed by atoms with Crippen LogP contribution in [0, 0.1) is 11.3 Å². The second kappa shape index (κ2) is 6.75. The van der Waals surface area contributed by atoms with E-state index in [2.05, 4.69) is 15.4 Å². The lowest BCUT2D eigenvalue weighted by molar-refractivity contribution is 0.0951. The normalized spacial score (nSPS) is 10.2. The molecule has 1 N–H and O–H groups in total. The molecule has 118 valence electrons. The molecule has 3 rings (SSSR count). The Bertz CT molecular complexity index is 906. The smallest absolute Gasteiger partial charge is 0.251 e. The molecule has 0 saturated carbocycles. The van der Waals surface area contributed by atoms with Gasteiger partial charge in [0.05, 0.1) is 23.5 Å². The van der Waals surface area contributed by atoms with Gasteiger partial charge in [0.2, 0.25) is 0 Å². The summed E-state index contributed by atoms with van der Waals surface area (Å²) in [5, 5.41) is 15.8. The quantitative estimate of drug-likeness (QED) is 0.800. The van der Waals surface area contributed by atoms with E-state index in [1.807, 2.05) is 31.4 Å². The number of benzene rings is 1. The van der Waals surface area contributed by atoms with Gasteiger partial charge in [0.15, 0.2) is 0 Å². The van der Waals surface area contributed by atoms with Crippen molar-refractivity contribution in [2.24, 2.45) is 7.05 Å². The third-order valence-electron chi connectivity index (χ3n) is 3.59. The Morgan fingerprint density at radius 3 is 2.75 bits per heavy atom. The maximum atomic E-state index is 12.2. The molecule has 2 aromatic heterocycles. The van der Waals surface area contributed by atoms with Gasteiger partial charge in [-0.3, -0.25) is 14.5 Å². The first-order valence-electron chi connectivity index (χ1n) is 7.38. The molecule has 0 fully saturated rings. The third-order valence-corrected chi connectivity index (χ3v) is 3.59. The first-order chi connectivity index (χ1) is 11.7. The van der Waals surface area contributed by atoms with Crippen LogP contribution in [0.2, 0.25) is 0 Å². The summed E-state index contributed by atoms with van der Waals surface area (Å²) in [4.78, 5) is 16.6. The maximum Gasteiger partial charge on any atom is 0.251 e. The SMILES string of the molecule is Cn1cc(-c2ncccc2CNC(=O)c2ccc(C#N)cc2)cn1. The molecule has 0 radical (unpaired) electrons. The minimum absolute atomic E-state index is 0.194. The molecule has 0 unspecified atom stereocenters. The first-order valence-corrected chi connectivity index (χ1v) is 7.38. The number of rotatable bonds is 4. The summed E-state index contributed by atoms with van der Waals surface area (Å²) in [6.45, 7) is 0.358. The summed E-state index contributed by atoms with van der Waals surface area (Å²) in [5.41, 5.74) is 3.65. The van der Waals surface area contributed by atoms with Crippen molar-refractivity contribution >= 4 is 5.91 Å². The maximum absolute atomic E-state index is 12.2. The predicted octanol–water partition coefficient (Wildman–Crippen LogP) is 2.28. The van der Waals surface area contributed by atoms with Gasteiger partial charge in [-0.1, -0.05) is 6.07 Å². The Morgan fingerprint density at radius 1 is 1.29 bits per heavy atom. The van der Waals surface area contributed by atoms with E-state index in [-0.39, 0.29) is 5.91 Å². The van der Waals surface area contributed by atoms with Crippen LogP contribution < -0.4 is 5.32 Å². The van der Waals surface area contributed by atoms with Crippen molar-refractivity contribution in [3.05, 3.63) is 71.7 Å². The fourth-order valence-corrected chi connectivity index (χ4v) is 2.36. The number of amides is 1. The van der Waals surface area contributed by atoms with Gasteiger partial charge >= 0.3 is 0 Å². The largest absolute Gasteiger partial charge is 0.348 e. The Kier molecular flexibility index (Phi) is 4.34. The summed E-state index contributed by atoms with van der Waals surface area (Å²) < 4.78 is 1.71. The highest BCUT2D eigenvalue weighted by atomic mass is 16.1. The third kappa shape index (κ3) is 3.31. The van der Waals surface area contributed by atoms with Crippen LogP contribution in [0.1, 0.15) is 21.5 Å². The number of nitrogens with one attached hydrogen (secondary N) is 1. The summed E-state index contributed by atoms with van der Waals surface area (Å²) in [7, 11) is 1.85. The number of hydrogen-bond donors (Lipinski definition) is 1. The van der Waals surface area contributed by atoms with E-state index in [0.717, 1.165) is 16.8 Å². The second-order valence-corrected chi connectivity index (χ2v) is 5.29. The zero-order valence-electron chi connectivity index (χ0n) is 13.1. The molecule has 3 aromatic rings. The lowest BCUT2D eigenvalue weighted by Gasteiger charge is -2.09. The Morgan fingerprint density at radius 2 is 2.08 bits per heavy atom. The average Bonchev–Trinajstić information content (AvgIpc) is 3.06. The topological polar surface area (TPSA) is 83.6 Å². The molecule has 0 aliphatic heterocycles. The molecule has 0 aliphatic rings. The van der Waals surface area contributed by atoms with Crippen LogP contribution >= 0.6 is 0 Å². The molecule has 0 saturated heterocycles. The number of aryl methyl sites for hydroxylation is 1. The predicted molar refractivity (Wildman–Crippen MR) is 88.8 cm³/mol. The zero-order chi connectivity index (χ0) is 16.9. The van der Waals surface area contributed by atoms with Gasteiger partial charge in [-0.2, -0.15) is 10.4 Å². The van der Waals surface area contributed by atoms with Crippen LogP contribution in [-0.2, 0) is 13.6 Å². The number of carbonyl (C=O) groups is 1. The van der Waals surface area contributed by atoms with E-state index in [0.29, 0.717) is 17.7 Å². The van der Waals surface area contributed by atoms with Gasteiger partial charge in [0, 0.05) is 37.1 Å². The number of nitrogens with zero attached hydrogens (tertiary/aromatic N) is 4. The van der Waals surface area contributed by atoms with E-state index < -0.39 is 0 Å². The fraction of sp³-hybridized carbons (Fsp3) is 0.111. The van der Waals surface area contributed by atoms with Gasteiger partial charge in [-0.25, -0.2) is 0 Å². The van der Waals surface area contributed by atoms with Crippen LogP contribution in [0.3, 0.4) is 0 Å². The zero-order valence-corrected chi connectivity index (χ0v) is 13.1. The van der Waals surface area contributed by atoms with Gasteiger partial charge in [0.25, 0.3) is 5.91 Å². The molecule has 1 amide bonds. The van der Waals surface area contributed by atoms with E-state index in [1.165, 1.54) is 0 Å². The van der Waals surface area contributed by atoms with E-state index in [9.17, 15) is 4.79 Å². The van der Waals surface area contributed by atoms with Crippen molar-refractivity contribution < 1.29 is 4.79 Å². The highest BCUT2D eigenvalue weighted by Gasteiger charge is 2.10. The van der Waals surface area contributed by atoms with Gasteiger partial charge in [-0.05, 0) is 35.9 Å². The summed E-state index contributed by atoms with van der Waals surface area (Å²) >= 11 is 0. The molecular formula is C18H15N5O. The van der Waals surface area contributed by atoms with Crippen LogP contribution in [-0.4, -0.2) is 20.7 Å². The van der Waals surface area contributed by atoms with Crippen LogP contribution in [0.25, 0.3) is 11.3 Å². The number of aromatic nitrogens is 3. The Hall–Kier alpha value is -3.46. The monoisotopic (exact) mass is 317 g/mol. The molecule has 24 heavy (non-hydrogen) atoms. The molecule has 1 aromatic carbocycles. The van der Waals surface area contributed by atoms with Gasteiger partial charge in [-0.15, -0.1) is 0 Å². The summed E-state index contributed by atoms with van der Waals surface area (Å²) in [6, 6.07) is 12.3. The van der Waals surface area contributed by atoms with E-state index in [4.69, 9.17) is 5.26 Å². The number of carbonyl (C=O) groups excluding carboxylic acids is 1. The highest BCUT2D eigenvalue weighted by Crippen LogP contribution is 2.20. The minimum atomic E-state index is -0.194. The van der Waals surface area contributed by atoms with Crippen LogP contribution in [0.4, 0.5) is 0 Å². The van der Waals surface area contributed by atoms with Crippen molar-refractivity contribution in [1.29, 1.82) is 5.26 Å². The Balaban J connectivity index is 1.75. The Labute approximate surface area is 139 Å². The van der Waals surface area contributed by atoms with Crippen molar-refractivity contribution in [1.82, 2.24) is 20.1 Å². The molecule has 0 spiro atoms. The number of hydrogen-bond acceptors (Lipinski definition) is 4. The van der Waals surface area contributed by atoms with Crippen LogP contribution in [0.15, 0.2) is 55.0 Å². The molecule has 0 bridgehead atoms. The lowest BCUT2D eigenvalue weighted by atomic mass is 10.1. The van der Waals surface area contributed by atoms with Crippen LogP contribution in [0.5, 0.6) is 0 Å². The molecule has 2 heterocycles. The standard InChI is InChI=1S/C18H15N5O/c1-23-12-16(11-22-23)17-15(3-2-8-20-17)10-21-18(24)14-6-4-13(9-19)5-7-14/h2-8,11-12H,10H2,1H3,(H,21,24). The van der Waals surface area contributed by atoms with Crippen molar-refractivity contribution in [2.75, 3.05) is 0 Å². The molecular weight excluding hydrogens is 302 g/mol. The van der Waals surface area contributed by atoms with Gasteiger partial charge < -0.3 is 5.32 Å². The highest BCUT2D eigenvalue weighted by molar-refractivity contribution is 5.94. The van der Waals surface area contributed by atoms with E-state index >= 15 is 0 Å². The van der Waals surface area contributed by atoms with E-state index in [1.54, 1.807) is 41.3 Å². The van der Waals surface area contributed by atoms with Crippen molar-refractivity contribution in [2.45, 2.75) is 6.54 Å². The summed E-state index contributed by atoms with van der Waals surface area (Å²) in [5.74, 6) is -0.194. The molecule has 6 heteroatoms. The van der Waals surface area contributed by atoms with Crippen molar-refractivity contribution in [3.63, 3.8) is 0 Å². The summed E-state index contributed by atoms with van der Waals surface area (Å²) in [6.07, 6.45) is 5.34. The molecule has 0 aliphatic carbocycles. The number of nitriles is 1. The second-order valence-electron chi connectivity index (χ2n) is 5.29. The fourth-order valence-electron chi connectivity index (χ4n) is 2.36. The first kappa shape index (κ1) is 15.4. The number of pyridine rings is 1.